The maximum Gasteiger partial charge on any atom is 0.418 e. The molecule has 0 saturated carbocycles. The second kappa shape index (κ2) is 7.86. The van der Waals surface area contributed by atoms with Gasteiger partial charge in [-0.3, -0.25) is 0 Å². The summed E-state index contributed by atoms with van der Waals surface area (Å²) in [6.07, 6.45) is 3.42. The van der Waals surface area contributed by atoms with Crippen LogP contribution in [0.3, 0.4) is 0 Å². The Labute approximate surface area is 151 Å². The predicted molar refractivity (Wildman–Crippen MR) is 96.8 cm³/mol. The Bertz CT molecular complexity index is 817. The van der Waals surface area contributed by atoms with E-state index in [1.807, 2.05) is 6.07 Å². The van der Waals surface area contributed by atoms with E-state index in [-0.39, 0.29) is 12.6 Å². The molecule has 0 aliphatic rings. The van der Waals surface area contributed by atoms with Crippen LogP contribution in [0, 0.1) is 6.92 Å². The Morgan fingerprint density at radius 1 is 1.35 bits per heavy atom. The van der Waals surface area contributed by atoms with Crippen LogP contribution >= 0.6 is 0 Å². The monoisotopic (exact) mass is 358 g/mol. The number of aryl methyl sites for hydroxylation is 1. The number of ether oxygens (including phenoxy) is 1. The molecule has 2 aromatic rings. The molecular formula is C19H22N2O5. The largest absolute Gasteiger partial charge is 0.478 e. The van der Waals surface area contributed by atoms with Crippen LogP contribution in [0.25, 0.3) is 6.08 Å². The first-order valence-corrected chi connectivity index (χ1v) is 8.06. The van der Waals surface area contributed by atoms with E-state index >= 15 is 0 Å². The van der Waals surface area contributed by atoms with Crippen molar-refractivity contribution in [3.05, 3.63) is 53.4 Å². The molecule has 7 nitrogen and oxygen atoms in total. The number of amides is 1. The second-order valence-electron chi connectivity index (χ2n) is 6.75. The molecule has 0 aliphatic heterocycles. The van der Waals surface area contributed by atoms with Crippen LogP contribution in [0.2, 0.25) is 0 Å². The number of benzene rings is 1. The van der Waals surface area contributed by atoms with Crippen molar-refractivity contribution in [2.24, 2.45) is 0 Å². The Hall–Kier alpha value is -3.09. The molecule has 1 aromatic heterocycles. The summed E-state index contributed by atoms with van der Waals surface area (Å²) >= 11 is 0. The number of anilines is 1. The topological polar surface area (TPSA) is 92.9 Å². The van der Waals surface area contributed by atoms with Gasteiger partial charge in [0.15, 0.2) is 0 Å². The first kappa shape index (κ1) is 19.2. The van der Waals surface area contributed by atoms with Gasteiger partial charge in [0.1, 0.15) is 11.9 Å². The lowest BCUT2D eigenvalue weighted by Crippen LogP contribution is -2.36. The highest BCUT2D eigenvalue weighted by atomic mass is 16.6. The fraction of sp³-hybridized carbons (Fsp3) is 0.316. The number of carboxylic acid groups (broad SMARTS) is 1. The predicted octanol–water partition coefficient (Wildman–Crippen LogP) is 4.02. The molecule has 7 heteroatoms. The van der Waals surface area contributed by atoms with Gasteiger partial charge in [-0.2, -0.15) is 4.98 Å². The highest BCUT2D eigenvalue weighted by Crippen LogP contribution is 2.21. The lowest BCUT2D eigenvalue weighted by Gasteiger charge is -2.25. The molecule has 0 bridgehead atoms. The van der Waals surface area contributed by atoms with Crippen molar-refractivity contribution in [3.63, 3.8) is 0 Å². The number of hydrogen-bond donors (Lipinski definition) is 1. The molecule has 1 N–H and O–H groups in total. The van der Waals surface area contributed by atoms with Crippen molar-refractivity contribution in [3.8, 4) is 0 Å². The van der Waals surface area contributed by atoms with Crippen LogP contribution in [0.1, 0.15) is 37.6 Å². The number of hydrogen-bond acceptors (Lipinski definition) is 5. The lowest BCUT2D eigenvalue weighted by molar-refractivity contribution is -0.131. The third-order valence-corrected chi connectivity index (χ3v) is 3.16. The summed E-state index contributed by atoms with van der Waals surface area (Å²) in [7, 11) is 0. The standard InChI is InChI=1S/C19H22N2O5/c1-13-12-25-17(20-13)21(18(24)26-19(2,3)4)11-15-7-5-6-14(10-15)8-9-16(22)23/h5-10,12H,11H2,1-4H3,(H,22,23)/b9-8+. The molecule has 0 unspecified atom stereocenters. The van der Waals surface area contributed by atoms with E-state index < -0.39 is 17.7 Å². The van der Waals surface area contributed by atoms with E-state index in [1.54, 1.807) is 45.9 Å². The maximum atomic E-state index is 12.6. The molecule has 1 amide bonds. The molecular weight excluding hydrogens is 336 g/mol. The summed E-state index contributed by atoms with van der Waals surface area (Å²) in [5, 5.41) is 8.74. The zero-order chi connectivity index (χ0) is 19.3. The van der Waals surface area contributed by atoms with E-state index in [0.717, 1.165) is 11.6 Å². The summed E-state index contributed by atoms with van der Waals surface area (Å²) in [5.41, 5.74) is 1.46. The Morgan fingerprint density at radius 2 is 2.08 bits per heavy atom. The van der Waals surface area contributed by atoms with Gasteiger partial charge in [-0.1, -0.05) is 18.2 Å². The summed E-state index contributed by atoms with van der Waals surface area (Å²) in [6.45, 7) is 7.27. The minimum absolute atomic E-state index is 0.142. The van der Waals surface area contributed by atoms with Gasteiger partial charge in [-0.25, -0.2) is 14.5 Å². The molecule has 138 valence electrons. The number of rotatable bonds is 5. The van der Waals surface area contributed by atoms with E-state index in [4.69, 9.17) is 14.3 Å². The highest BCUT2D eigenvalue weighted by Gasteiger charge is 2.26. The molecule has 0 aliphatic carbocycles. The SMILES string of the molecule is Cc1coc(N(Cc2cccc(/C=C/C(=O)O)c2)C(=O)OC(C)(C)C)n1. The van der Waals surface area contributed by atoms with E-state index in [9.17, 15) is 9.59 Å². The first-order chi connectivity index (χ1) is 12.1. The molecule has 0 atom stereocenters. The van der Waals surface area contributed by atoms with Crippen LogP contribution < -0.4 is 4.90 Å². The van der Waals surface area contributed by atoms with Crippen molar-refractivity contribution < 1.29 is 23.8 Å². The van der Waals surface area contributed by atoms with Crippen LogP contribution in [0.5, 0.6) is 0 Å². The molecule has 26 heavy (non-hydrogen) atoms. The number of aliphatic carboxylic acids is 1. The average Bonchev–Trinajstić information content (AvgIpc) is 2.95. The molecule has 0 radical (unpaired) electrons. The van der Waals surface area contributed by atoms with Crippen LogP contribution in [-0.4, -0.2) is 27.8 Å². The quantitative estimate of drug-likeness (QED) is 0.812. The summed E-state index contributed by atoms with van der Waals surface area (Å²) in [5.74, 6) is -1.03. The first-order valence-electron chi connectivity index (χ1n) is 8.06. The van der Waals surface area contributed by atoms with Crippen LogP contribution in [0.4, 0.5) is 10.8 Å². The van der Waals surface area contributed by atoms with Gasteiger partial charge in [-0.15, -0.1) is 0 Å². The van der Waals surface area contributed by atoms with Gasteiger partial charge in [-0.05, 0) is 51.0 Å². The van der Waals surface area contributed by atoms with Crippen LogP contribution in [0.15, 0.2) is 41.0 Å². The number of nitrogens with zero attached hydrogens (tertiary/aromatic N) is 2. The molecule has 0 saturated heterocycles. The van der Waals surface area contributed by atoms with E-state index in [2.05, 4.69) is 4.98 Å². The number of carboxylic acids is 1. The third kappa shape index (κ3) is 5.77. The Kier molecular flexibility index (Phi) is 5.82. The fourth-order valence-electron chi connectivity index (χ4n) is 2.14. The van der Waals surface area contributed by atoms with E-state index in [1.165, 1.54) is 17.2 Å². The van der Waals surface area contributed by atoms with E-state index in [0.29, 0.717) is 11.3 Å². The number of carbonyl (C=O) groups excluding carboxylic acids is 1. The molecule has 2 rings (SSSR count). The molecule has 0 spiro atoms. The van der Waals surface area contributed by atoms with Gasteiger partial charge in [0.05, 0.1) is 12.2 Å². The lowest BCUT2D eigenvalue weighted by atomic mass is 10.1. The van der Waals surface area contributed by atoms with Gasteiger partial charge in [0.25, 0.3) is 0 Å². The smallest absolute Gasteiger partial charge is 0.418 e. The second-order valence-corrected chi connectivity index (χ2v) is 6.75. The van der Waals surface area contributed by atoms with Crippen molar-refractivity contribution in [1.82, 2.24) is 4.98 Å². The summed E-state index contributed by atoms with van der Waals surface area (Å²) in [4.78, 5) is 28.8. The summed E-state index contributed by atoms with van der Waals surface area (Å²) in [6, 6.07) is 7.31. The van der Waals surface area contributed by atoms with Gasteiger partial charge in [0, 0.05) is 6.08 Å². The average molecular weight is 358 g/mol. The zero-order valence-electron chi connectivity index (χ0n) is 15.2. The molecule has 0 fully saturated rings. The highest BCUT2D eigenvalue weighted by molar-refractivity contribution is 5.86. The molecule has 1 heterocycles. The van der Waals surface area contributed by atoms with Crippen molar-refractivity contribution in [2.75, 3.05) is 4.90 Å². The maximum absolute atomic E-state index is 12.6. The van der Waals surface area contributed by atoms with Crippen LogP contribution in [-0.2, 0) is 16.1 Å². The minimum atomic E-state index is -1.03. The summed E-state index contributed by atoms with van der Waals surface area (Å²) < 4.78 is 10.8. The Morgan fingerprint density at radius 3 is 2.65 bits per heavy atom. The Balaban J connectivity index is 2.28. The number of oxazole rings is 1. The fourth-order valence-corrected chi connectivity index (χ4v) is 2.14. The van der Waals surface area contributed by atoms with Crippen molar-refractivity contribution >= 4 is 24.2 Å². The van der Waals surface area contributed by atoms with Crippen molar-refractivity contribution in [2.45, 2.75) is 39.8 Å². The van der Waals surface area contributed by atoms with Gasteiger partial charge in [0.2, 0.25) is 0 Å². The zero-order valence-corrected chi connectivity index (χ0v) is 15.2. The van der Waals surface area contributed by atoms with Crippen molar-refractivity contribution in [1.29, 1.82) is 0 Å². The normalized spacial score (nSPS) is 11.5. The number of carbonyl (C=O) groups is 2. The van der Waals surface area contributed by atoms with Gasteiger partial charge < -0.3 is 14.3 Å². The minimum Gasteiger partial charge on any atom is -0.478 e. The van der Waals surface area contributed by atoms with Gasteiger partial charge >= 0.3 is 18.1 Å². The third-order valence-electron chi connectivity index (χ3n) is 3.16. The number of aromatic nitrogens is 1. The molecule has 1 aromatic carbocycles.